The van der Waals surface area contributed by atoms with Gasteiger partial charge in [-0.3, -0.25) is 0 Å². The molecule has 68 heavy (non-hydrogen) atoms. The van der Waals surface area contributed by atoms with Gasteiger partial charge in [0, 0.05) is 27.0 Å². The molecule has 1 nitrogen and oxygen atoms in total. The minimum absolute atomic E-state index is 0.0280. The summed E-state index contributed by atoms with van der Waals surface area (Å²) in [5.41, 5.74) is 25.7. The van der Waals surface area contributed by atoms with E-state index in [1.54, 1.807) is 0 Å². The van der Waals surface area contributed by atoms with Crippen LogP contribution in [0.25, 0.3) is 106 Å². The molecule has 0 saturated heterocycles. The van der Waals surface area contributed by atoms with Crippen LogP contribution in [0, 0.1) is 6.92 Å². The van der Waals surface area contributed by atoms with Gasteiger partial charge in [-0.2, -0.15) is 0 Å². The predicted molar refractivity (Wildman–Crippen MR) is 290 cm³/mol. The van der Waals surface area contributed by atoms with Crippen LogP contribution in [0.15, 0.2) is 206 Å². The van der Waals surface area contributed by atoms with Crippen molar-refractivity contribution in [2.45, 2.75) is 45.4 Å². The number of aryl methyl sites for hydroxylation is 1. The average molecular weight is 870 g/mol. The molecule has 0 saturated carbocycles. The first-order valence-electron chi connectivity index (χ1n) is 24.1. The van der Waals surface area contributed by atoms with E-state index in [4.69, 9.17) is 0 Å². The lowest BCUT2D eigenvalue weighted by Gasteiger charge is -2.23. The number of hydrogen-bond donors (Lipinski definition) is 0. The van der Waals surface area contributed by atoms with Crippen LogP contribution in [0.5, 0.6) is 0 Å². The molecular weight excluding hydrogens is 819 g/mol. The van der Waals surface area contributed by atoms with Crippen LogP contribution >= 0.6 is 0 Å². The molecule has 2 aliphatic carbocycles. The van der Waals surface area contributed by atoms with Crippen LogP contribution in [0.1, 0.15) is 66.6 Å². The lowest BCUT2D eigenvalue weighted by Crippen LogP contribution is -2.15. The Kier molecular flexibility index (Phi) is 8.89. The first-order chi connectivity index (χ1) is 33.1. The Bertz CT molecular complexity index is 3880. The minimum Gasteiger partial charge on any atom is -0.309 e. The summed E-state index contributed by atoms with van der Waals surface area (Å²) < 4.78 is 2.42. The number of fused-ring (bicyclic) bond motifs is 10. The molecular formula is C67H51N. The molecule has 1 heteroatoms. The van der Waals surface area contributed by atoms with E-state index >= 15 is 0 Å². The standard InChI is InChI=1S/C67H51N/c1-42-17-32-53-54-34-29-50(40-61(54)66(2,3)59(53)37-42)51-30-35-56-55-33-28-49(39-60(55)67(4,5)62(56)41-51)46-26-22-44(23-27-46)19-18-43-20-24-45(25-21-43)48-31-36-65-58(38-48)57-14-8-9-15-64(57)68(65)63-16-10-12-47-11-6-7-13-52(47)63/h6-41H,1-5H3/b19-18+. The second-order valence-corrected chi connectivity index (χ2v) is 20.2. The summed E-state index contributed by atoms with van der Waals surface area (Å²) in [5.74, 6) is 0. The Hall–Kier alpha value is -8.00. The van der Waals surface area contributed by atoms with Crippen LogP contribution in [0.3, 0.4) is 0 Å². The fourth-order valence-electron chi connectivity index (χ4n) is 11.7. The highest BCUT2D eigenvalue weighted by Crippen LogP contribution is 2.53. The third-order valence-corrected chi connectivity index (χ3v) is 15.5. The van der Waals surface area contributed by atoms with Crippen molar-refractivity contribution in [1.82, 2.24) is 4.57 Å². The maximum Gasteiger partial charge on any atom is 0.0541 e. The smallest absolute Gasteiger partial charge is 0.0541 e. The number of aromatic nitrogens is 1. The number of rotatable bonds is 6. The third-order valence-electron chi connectivity index (χ3n) is 15.5. The van der Waals surface area contributed by atoms with Crippen LogP contribution in [-0.2, 0) is 10.8 Å². The highest BCUT2D eigenvalue weighted by molar-refractivity contribution is 6.11. The highest BCUT2D eigenvalue weighted by atomic mass is 15.0. The van der Waals surface area contributed by atoms with E-state index in [9.17, 15) is 0 Å². The van der Waals surface area contributed by atoms with Crippen molar-refractivity contribution in [1.29, 1.82) is 0 Å². The van der Waals surface area contributed by atoms with Crippen LogP contribution in [-0.4, -0.2) is 4.57 Å². The van der Waals surface area contributed by atoms with Gasteiger partial charge in [0.1, 0.15) is 0 Å². The maximum atomic E-state index is 2.46. The molecule has 13 rings (SSSR count). The van der Waals surface area contributed by atoms with Crippen molar-refractivity contribution in [2.24, 2.45) is 0 Å². The summed E-state index contributed by atoms with van der Waals surface area (Å²) in [7, 11) is 0. The van der Waals surface area contributed by atoms with Gasteiger partial charge in [0.05, 0.1) is 16.7 Å². The number of hydrogen-bond acceptors (Lipinski definition) is 0. The summed E-state index contributed by atoms with van der Waals surface area (Å²) in [6.45, 7) is 11.7. The zero-order valence-corrected chi connectivity index (χ0v) is 39.2. The van der Waals surface area contributed by atoms with E-state index in [1.165, 1.54) is 133 Å². The normalized spacial score (nSPS) is 14.1. The summed E-state index contributed by atoms with van der Waals surface area (Å²) in [6, 6.07) is 77.2. The minimum atomic E-state index is -0.121. The Balaban J connectivity index is 0.731. The molecule has 0 radical (unpaired) electrons. The zero-order chi connectivity index (χ0) is 45.9. The number of nitrogens with zero attached hydrogens (tertiary/aromatic N) is 1. The average Bonchev–Trinajstić information content (AvgIpc) is 3.91. The molecule has 0 aliphatic heterocycles. The summed E-state index contributed by atoms with van der Waals surface area (Å²) in [6.07, 6.45) is 4.43. The van der Waals surface area contributed by atoms with E-state index in [-0.39, 0.29) is 10.8 Å². The topological polar surface area (TPSA) is 4.93 Å². The first-order valence-corrected chi connectivity index (χ1v) is 24.1. The van der Waals surface area contributed by atoms with Gasteiger partial charge in [0.15, 0.2) is 0 Å². The zero-order valence-electron chi connectivity index (χ0n) is 39.2. The molecule has 1 aromatic heterocycles. The molecule has 324 valence electrons. The van der Waals surface area contributed by atoms with Crippen LogP contribution in [0.4, 0.5) is 0 Å². The fourth-order valence-corrected chi connectivity index (χ4v) is 11.7. The largest absolute Gasteiger partial charge is 0.309 e. The van der Waals surface area contributed by atoms with Crippen molar-refractivity contribution >= 4 is 44.7 Å². The Morgan fingerprint density at radius 3 is 1.35 bits per heavy atom. The van der Waals surface area contributed by atoms with Crippen LogP contribution < -0.4 is 0 Å². The van der Waals surface area contributed by atoms with Gasteiger partial charge in [-0.25, -0.2) is 0 Å². The molecule has 0 amide bonds. The molecule has 0 spiro atoms. The van der Waals surface area contributed by atoms with Gasteiger partial charge < -0.3 is 4.57 Å². The van der Waals surface area contributed by atoms with Crippen molar-refractivity contribution < 1.29 is 0 Å². The SMILES string of the molecule is Cc1ccc2c(c1)C(C)(C)c1cc(-c3ccc4c(c3)C(C)(C)c3cc(-c5ccc(/C=C/c6ccc(-c7ccc8c(c7)c7ccccc7n8-c7cccc8ccccc78)cc6)cc5)ccc3-4)ccc1-2. The molecule has 0 fully saturated rings. The van der Waals surface area contributed by atoms with Gasteiger partial charge in [-0.15, -0.1) is 0 Å². The van der Waals surface area contributed by atoms with Crippen molar-refractivity contribution in [3.05, 3.63) is 245 Å². The first kappa shape index (κ1) is 40.3. The van der Waals surface area contributed by atoms with Crippen molar-refractivity contribution in [3.63, 3.8) is 0 Å². The Morgan fingerprint density at radius 1 is 0.338 bits per heavy atom. The lowest BCUT2D eigenvalue weighted by atomic mass is 9.80. The molecule has 0 atom stereocenters. The summed E-state index contributed by atoms with van der Waals surface area (Å²) in [5, 5.41) is 5.03. The molecule has 10 aromatic carbocycles. The summed E-state index contributed by atoms with van der Waals surface area (Å²) >= 11 is 0. The summed E-state index contributed by atoms with van der Waals surface area (Å²) in [4.78, 5) is 0. The van der Waals surface area contributed by atoms with E-state index in [1.807, 2.05) is 0 Å². The third kappa shape index (κ3) is 6.22. The highest BCUT2D eigenvalue weighted by Gasteiger charge is 2.38. The molecule has 0 bridgehead atoms. The second kappa shape index (κ2) is 15.0. The molecule has 0 unspecified atom stereocenters. The lowest BCUT2D eigenvalue weighted by molar-refractivity contribution is 0.659. The quantitative estimate of drug-likeness (QED) is 0.147. The molecule has 11 aromatic rings. The van der Waals surface area contributed by atoms with E-state index in [0.29, 0.717) is 0 Å². The Labute approximate surface area is 399 Å². The fraction of sp³-hybridized carbons (Fsp3) is 0.104. The Morgan fingerprint density at radius 2 is 0.765 bits per heavy atom. The number of benzene rings is 10. The van der Waals surface area contributed by atoms with Gasteiger partial charge >= 0.3 is 0 Å². The van der Waals surface area contributed by atoms with Crippen molar-refractivity contribution in [3.8, 4) is 61.3 Å². The maximum absolute atomic E-state index is 2.46. The van der Waals surface area contributed by atoms with E-state index in [2.05, 4.69) is 258 Å². The van der Waals surface area contributed by atoms with E-state index in [0.717, 1.165) is 0 Å². The van der Waals surface area contributed by atoms with Crippen LogP contribution in [0.2, 0.25) is 0 Å². The predicted octanol–water partition coefficient (Wildman–Crippen LogP) is 18.0. The second-order valence-electron chi connectivity index (χ2n) is 20.2. The van der Waals surface area contributed by atoms with Gasteiger partial charge in [-0.05, 0) is 144 Å². The van der Waals surface area contributed by atoms with Crippen molar-refractivity contribution in [2.75, 3.05) is 0 Å². The van der Waals surface area contributed by atoms with E-state index < -0.39 is 0 Å². The molecule has 2 aliphatic rings. The van der Waals surface area contributed by atoms with Gasteiger partial charge in [-0.1, -0.05) is 209 Å². The number of para-hydroxylation sites is 1. The monoisotopic (exact) mass is 869 g/mol. The molecule has 1 heterocycles. The molecule has 0 N–H and O–H groups in total. The van der Waals surface area contributed by atoms with Gasteiger partial charge in [0.2, 0.25) is 0 Å². The van der Waals surface area contributed by atoms with Gasteiger partial charge in [0.25, 0.3) is 0 Å².